The molecule has 0 atom stereocenters. The summed E-state index contributed by atoms with van der Waals surface area (Å²) in [5.41, 5.74) is 6.37. The first-order valence-corrected chi connectivity index (χ1v) is 6.43. The highest BCUT2D eigenvalue weighted by Gasteiger charge is 2.04. The Morgan fingerprint density at radius 3 is 2.78 bits per heavy atom. The van der Waals surface area contributed by atoms with Crippen LogP contribution in [0.15, 0.2) is 36.7 Å². The molecular formula is C16H20N2. The standard InChI is InChI=1S/C16H20N2/c1-4-17-9-14-8-15(11-18-10-14)16-7-5-6-12(2)13(16)3/h5-8,10-11,17H,4,9H2,1-3H3. The van der Waals surface area contributed by atoms with Crippen molar-refractivity contribution >= 4 is 0 Å². The van der Waals surface area contributed by atoms with Gasteiger partial charge in [-0.2, -0.15) is 0 Å². The molecule has 0 aliphatic heterocycles. The second-order valence-electron chi connectivity index (χ2n) is 4.61. The summed E-state index contributed by atoms with van der Waals surface area (Å²) in [4.78, 5) is 4.34. The number of rotatable bonds is 4. The van der Waals surface area contributed by atoms with Crippen LogP contribution in [0.3, 0.4) is 0 Å². The number of hydrogen-bond donors (Lipinski definition) is 1. The van der Waals surface area contributed by atoms with Crippen molar-refractivity contribution in [1.29, 1.82) is 0 Å². The first-order chi connectivity index (χ1) is 8.72. The predicted octanol–water partition coefficient (Wildman–Crippen LogP) is 3.47. The molecule has 2 rings (SSSR count). The smallest absolute Gasteiger partial charge is 0.0346 e. The highest BCUT2D eigenvalue weighted by atomic mass is 14.8. The van der Waals surface area contributed by atoms with Crippen molar-refractivity contribution in [2.24, 2.45) is 0 Å². The first-order valence-electron chi connectivity index (χ1n) is 6.43. The summed E-state index contributed by atoms with van der Waals surface area (Å²) in [6.45, 7) is 8.29. The number of nitrogens with one attached hydrogen (secondary N) is 1. The molecule has 0 spiro atoms. The molecule has 18 heavy (non-hydrogen) atoms. The highest BCUT2D eigenvalue weighted by Crippen LogP contribution is 2.25. The van der Waals surface area contributed by atoms with Gasteiger partial charge < -0.3 is 5.32 Å². The van der Waals surface area contributed by atoms with Gasteiger partial charge in [-0.05, 0) is 48.7 Å². The lowest BCUT2D eigenvalue weighted by molar-refractivity contribution is 0.724. The van der Waals surface area contributed by atoms with Gasteiger partial charge in [0.2, 0.25) is 0 Å². The minimum atomic E-state index is 0.877. The van der Waals surface area contributed by atoms with Crippen LogP contribution in [0.1, 0.15) is 23.6 Å². The molecule has 0 aliphatic carbocycles. The molecule has 0 fully saturated rings. The molecule has 1 heterocycles. The van der Waals surface area contributed by atoms with Gasteiger partial charge in [0.15, 0.2) is 0 Å². The molecule has 0 unspecified atom stereocenters. The molecule has 0 radical (unpaired) electrons. The van der Waals surface area contributed by atoms with Gasteiger partial charge in [-0.3, -0.25) is 4.98 Å². The normalized spacial score (nSPS) is 10.6. The van der Waals surface area contributed by atoms with Crippen molar-refractivity contribution in [2.45, 2.75) is 27.3 Å². The van der Waals surface area contributed by atoms with Crippen molar-refractivity contribution in [3.63, 3.8) is 0 Å². The van der Waals surface area contributed by atoms with Gasteiger partial charge in [-0.25, -0.2) is 0 Å². The Morgan fingerprint density at radius 2 is 2.00 bits per heavy atom. The fraction of sp³-hybridized carbons (Fsp3) is 0.312. The maximum atomic E-state index is 4.34. The number of pyridine rings is 1. The molecule has 0 saturated carbocycles. The maximum Gasteiger partial charge on any atom is 0.0346 e. The van der Waals surface area contributed by atoms with Crippen molar-refractivity contribution in [3.8, 4) is 11.1 Å². The molecule has 2 heteroatoms. The molecule has 0 aliphatic rings. The Kier molecular flexibility index (Phi) is 4.11. The zero-order valence-corrected chi connectivity index (χ0v) is 11.3. The lowest BCUT2D eigenvalue weighted by Crippen LogP contribution is -2.11. The Balaban J connectivity index is 2.35. The molecule has 1 N–H and O–H groups in total. The van der Waals surface area contributed by atoms with E-state index in [1.54, 1.807) is 0 Å². The topological polar surface area (TPSA) is 24.9 Å². The van der Waals surface area contributed by atoms with Crippen LogP contribution >= 0.6 is 0 Å². The SMILES string of the molecule is CCNCc1cncc(-c2cccc(C)c2C)c1. The van der Waals surface area contributed by atoms with E-state index in [2.05, 4.69) is 55.3 Å². The van der Waals surface area contributed by atoms with Crippen molar-refractivity contribution in [3.05, 3.63) is 53.3 Å². The van der Waals surface area contributed by atoms with E-state index in [-0.39, 0.29) is 0 Å². The van der Waals surface area contributed by atoms with Crippen LogP contribution in [0.5, 0.6) is 0 Å². The molecule has 2 aromatic rings. The third-order valence-electron chi connectivity index (χ3n) is 3.29. The summed E-state index contributed by atoms with van der Waals surface area (Å²) in [7, 11) is 0. The van der Waals surface area contributed by atoms with Crippen LogP contribution in [0.4, 0.5) is 0 Å². The molecule has 1 aromatic carbocycles. The number of aromatic nitrogens is 1. The van der Waals surface area contributed by atoms with Gasteiger partial charge >= 0.3 is 0 Å². The maximum absolute atomic E-state index is 4.34. The average molecular weight is 240 g/mol. The summed E-state index contributed by atoms with van der Waals surface area (Å²) in [6.07, 6.45) is 3.87. The lowest BCUT2D eigenvalue weighted by atomic mass is 9.97. The van der Waals surface area contributed by atoms with E-state index in [1.165, 1.54) is 27.8 Å². The average Bonchev–Trinajstić information content (AvgIpc) is 2.40. The van der Waals surface area contributed by atoms with E-state index in [0.29, 0.717) is 0 Å². The lowest BCUT2D eigenvalue weighted by Gasteiger charge is -2.10. The quantitative estimate of drug-likeness (QED) is 0.885. The summed E-state index contributed by atoms with van der Waals surface area (Å²) in [5.74, 6) is 0. The monoisotopic (exact) mass is 240 g/mol. The third-order valence-corrected chi connectivity index (χ3v) is 3.29. The summed E-state index contributed by atoms with van der Waals surface area (Å²) in [5, 5.41) is 3.33. The summed E-state index contributed by atoms with van der Waals surface area (Å²) >= 11 is 0. The van der Waals surface area contributed by atoms with E-state index in [4.69, 9.17) is 0 Å². The zero-order valence-electron chi connectivity index (χ0n) is 11.3. The molecular weight excluding hydrogens is 220 g/mol. The fourth-order valence-electron chi connectivity index (χ4n) is 2.06. The molecule has 0 bridgehead atoms. The van der Waals surface area contributed by atoms with Gasteiger partial charge in [0.05, 0.1) is 0 Å². The largest absolute Gasteiger partial charge is 0.313 e. The van der Waals surface area contributed by atoms with Crippen LogP contribution in [0, 0.1) is 13.8 Å². The zero-order chi connectivity index (χ0) is 13.0. The first kappa shape index (κ1) is 12.8. The fourth-order valence-corrected chi connectivity index (χ4v) is 2.06. The number of hydrogen-bond acceptors (Lipinski definition) is 2. The van der Waals surface area contributed by atoms with Crippen LogP contribution < -0.4 is 5.32 Å². The number of aryl methyl sites for hydroxylation is 1. The molecule has 1 aromatic heterocycles. The van der Waals surface area contributed by atoms with Crippen molar-refractivity contribution < 1.29 is 0 Å². The number of benzene rings is 1. The predicted molar refractivity (Wildman–Crippen MR) is 76.5 cm³/mol. The van der Waals surface area contributed by atoms with E-state index in [9.17, 15) is 0 Å². The molecule has 2 nitrogen and oxygen atoms in total. The number of nitrogens with zero attached hydrogens (tertiary/aromatic N) is 1. The van der Waals surface area contributed by atoms with Gasteiger partial charge in [0.25, 0.3) is 0 Å². The van der Waals surface area contributed by atoms with Crippen LogP contribution in [-0.2, 0) is 6.54 Å². The highest BCUT2D eigenvalue weighted by molar-refractivity contribution is 5.68. The second-order valence-corrected chi connectivity index (χ2v) is 4.61. The van der Waals surface area contributed by atoms with Crippen molar-refractivity contribution in [1.82, 2.24) is 10.3 Å². The van der Waals surface area contributed by atoms with Crippen LogP contribution in [0.2, 0.25) is 0 Å². The van der Waals surface area contributed by atoms with Crippen LogP contribution in [-0.4, -0.2) is 11.5 Å². The van der Waals surface area contributed by atoms with Crippen LogP contribution in [0.25, 0.3) is 11.1 Å². The van der Waals surface area contributed by atoms with E-state index in [0.717, 1.165) is 13.1 Å². The third kappa shape index (κ3) is 2.77. The summed E-state index contributed by atoms with van der Waals surface area (Å²) < 4.78 is 0. The van der Waals surface area contributed by atoms with E-state index >= 15 is 0 Å². The molecule has 0 amide bonds. The minimum absolute atomic E-state index is 0.877. The Morgan fingerprint density at radius 1 is 1.17 bits per heavy atom. The molecule has 94 valence electrons. The van der Waals surface area contributed by atoms with Gasteiger partial charge in [0.1, 0.15) is 0 Å². The van der Waals surface area contributed by atoms with Gasteiger partial charge in [-0.15, -0.1) is 0 Å². The minimum Gasteiger partial charge on any atom is -0.313 e. The second kappa shape index (κ2) is 5.78. The van der Waals surface area contributed by atoms with E-state index < -0.39 is 0 Å². The summed E-state index contributed by atoms with van der Waals surface area (Å²) in [6, 6.07) is 8.64. The van der Waals surface area contributed by atoms with Gasteiger partial charge in [-0.1, -0.05) is 25.1 Å². The van der Waals surface area contributed by atoms with Gasteiger partial charge in [0, 0.05) is 24.5 Å². The van der Waals surface area contributed by atoms with E-state index in [1.807, 2.05) is 12.4 Å². The molecule has 0 saturated heterocycles. The Hall–Kier alpha value is -1.67. The van der Waals surface area contributed by atoms with Crippen molar-refractivity contribution in [2.75, 3.05) is 6.54 Å². The Bertz CT molecular complexity index is 532. The Labute approximate surface area is 109 Å².